The van der Waals surface area contributed by atoms with E-state index in [4.69, 9.17) is 4.98 Å². The molecule has 0 saturated carbocycles. The molecule has 0 radical (unpaired) electrons. The van der Waals surface area contributed by atoms with E-state index in [1.54, 1.807) is 16.8 Å². The molecule has 33 heavy (non-hydrogen) atoms. The zero-order valence-electron chi connectivity index (χ0n) is 18.5. The number of aromatic nitrogens is 4. The van der Waals surface area contributed by atoms with Gasteiger partial charge in [-0.05, 0) is 35.1 Å². The van der Waals surface area contributed by atoms with Crippen molar-refractivity contribution in [1.29, 1.82) is 0 Å². The molecule has 1 N–H and O–H groups in total. The van der Waals surface area contributed by atoms with Gasteiger partial charge in [0.1, 0.15) is 5.51 Å². The fraction of sp³-hybridized carbons (Fsp3) is 0.200. The molecule has 5 aromatic rings. The van der Waals surface area contributed by atoms with E-state index >= 15 is 0 Å². The summed E-state index contributed by atoms with van der Waals surface area (Å²) in [6.45, 7) is 6.05. The van der Waals surface area contributed by atoms with E-state index in [2.05, 4.69) is 68.1 Å². The molecule has 1 atom stereocenters. The number of aryl methyl sites for hydroxylation is 1. The van der Waals surface area contributed by atoms with E-state index in [9.17, 15) is 4.79 Å². The van der Waals surface area contributed by atoms with Gasteiger partial charge in [-0.15, -0.1) is 10.2 Å². The Bertz CT molecular complexity index is 1400. The van der Waals surface area contributed by atoms with Crippen LogP contribution in [0.3, 0.4) is 0 Å². The van der Waals surface area contributed by atoms with E-state index in [1.165, 1.54) is 16.9 Å². The number of imidazole rings is 1. The first kappa shape index (κ1) is 21.5. The Morgan fingerprint density at radius 3 is 2.61 bits per heavy atom. The lowest BCUT2D eigenvalue weighted by molar-refractivity contribution is -0.124. The highest BCUT2D eigenvalue weighted by Gasteiger charge is 2.39. The minimum atomic E-state index is -0.756. The van der Waals surface area contributed by atoms with Crippen LogP contribution in [0.15, 0.2) is 71.3 Å². The fourth-order valence-corrected chi connectivity index (χ4v) is 5.56. The van der Waals surface area contributed by atoms with Crippen molar-refractivity contribution in [3.63, 3.8) is 0 Å². The number of carbonyl (C=O) groups excluding carboxylic acids is 1. The minimum Gasteiger partial charge on any atom is -0.305 e. The van der Waals surface area contributed by atoms with Crippen LogP contribution in [-0.2, 0) is 4.79 Å². The van der Waals surface area contributed by atoms with Crippen LogP contribution in [0.25, 0.3) is 16.8 Å². The molecule has 0 bridgehead atoms. The lowest BCUT2D eigenvalue weighted by Crippen LogP contribution is -2.37. The largest absolute Gasteiger partial charge is 0.305 e. The number of carbonyl (C=O) groups is 1. The second-order valence-electron chi connectivity index (χ2n) is 8.58. The van der Waals surface area contributed by atoms with Crippen molar-refractivity contribution in [2.45, 2.75) is 26.7 Å². The summed E-state index contributed by atoms with van der Waals surface area (Å²) in [4.78, 5) is 18.1. The van der Waals surface area contributed by atoms with Gasteiger partial charge in [-0.1, -0.05) is 61.6 Å². The van der Waals surface area contributed by atoms with Gasteiger partial charge in [0.2, 0.25) is 11.0 Å². The van der Waals surface area contributed by atoms with Gasteiger partial charge in [0, 0.05) is 23.1 Å². The molecule has 5 rings (SSSR count). The van der Waals surface area contributed by atoms with Gasteiger partial charge < -0.3 is 9.72 Å². The van der Waals surface area contributed by atoms with E-state index < -0.39 is 5.41 Å². The van der Waals surface area contributed by atoms with Crippen LogP contribution >= 0.6 is 22.7 Å². The minimum absolute atomic E-state index is 0.103. The summed E-state index contributed by atoms with van der Waals surface area (Å²) in [6, 6.07) is 14.4. The van der Waals surface area contributed by atoms with Gasteiger partial charge in [-0.2, -0.15) is 11.3 Å². The Morgan fingerprint density at radius 1 is 1.09 bits per heavy atom. The van der Waals surface area contributed by atoms with E-state index in [0.717, 1.165) is 27.9 Å². The molecule has 8 heteroatoms. The van der Waals surface area contributed by atoms with Crippen LogP contribution in [0, 0.1) is 12.3 Å². The Morgan fingerprint density at radius 2 is 1.91 bits per heavy atom. The molecule has 1 amide bonds. The molecule has 0 aliphatic carbocycles. The molecule has 166 valence electrons. The zero-order chi connectivity index (χ0) is 23.0. The molecule has 0 fully saturated rings. The summed E-state index contributed by atoms with van der Waals surface area (Å²) >= 11 is 2.99. The summed E-state index contributed by atoms with van der Waals surface area (Å²) in [7, 11) is 0. The predicted octanol–water partition coefficient (Wildman–Crippen LogP) is 6.02. The molecule has 1 aromatic carbocycles. The highest BCUT2D eigenvalue weighted by Crippen LogP contribution is 2.42. The number of amides is 1. The molecule has 6 nitrogen and oxygen atoms in total. The third-order valence-corrected chi connectivity index (χ3v) is 7.49. The van der Waals surface area contributed by atoms with E-state index in [-0.39, 0.29) is 11.8 Å². The topological polar surface area (TPSA) is 72.2 Å². The van der Waals surface area contributed by atoms with Crippen LogP contribution < -0.4 is 5.32 Å². The van der Waals surface area contributed by atoms with Crippen molar-refractivity contribution in [2.75, 3.05) is 5.32 Å². The second kappa shape index (κ2) is 8.53. The normalized spacial score (nSPS) is 12.7. The third kappa shape index (κ3) is 3.96. The molecule has 0 saturated heterocycles. The lowest BCUT2D eigenvalue weighted by atomic mass is 9.71. The quantitative estimate of drug-likeness (QED) is 0.327. The summed E-state index contributed by atoms with van der Waals surface area (Å²) in [5, 5.41) is 15.5. The van der Waals surface area contributed by atoms with Crippen LogP contribution in [0.4, 0.5) is 5.13 Å². The van der Waals surface area contributed by atoms with Crippen molar-refractivity contribution in [3.05, 3.63) is 87.9 Å². The Kier molecular flexibility index (Phi) is 5.55. The van der Waals surface area contributed by atoms with Crippen LogP contribution in [0.1, 0.15) is 36.5 Å². The zero-order valence-corrected chi connectivity index (χ0v) is 20.2. The number of thiophene rings is 1. The highest BCUT2D eigenvalue weighted by atomic mass is 32.1. The Labute approximate surface area is 200 Å². The first-order valence-corrected chi connectivity index (χ1v) is 12.4. The number of nitrogens with zero attached hydrogens (tertiary/aromatic N) is 4. The molecule has 0 aliphatic rings. The van der Waals surface area contributed by atoms with Crippen molar-refractivity contribution in [2.24, 2.45) is 5.41 Å². The predicted molar refractivity (Wildman–Crippen MR) is 134 cm³/mol. The number of pyridine rings is 1. The maximum Gasteiger partial charge on any atom is 0.232 e. The van der Waals surface area contributed by atoms with Crippen LogP contribution in [0.5, 0.6) is 0 Å². The average molecular weight is 474 g/mol. The summed E-state index contributed by atoms with van der Waals surface area (Å²) in [5.41, 5.74) is 7.37. The van der Waals surface area contributed by atoms with Crippen LogP contribution in [0.2, 0.25) is 0 Å². The molecule has 0 aliphatic heterocycles. The smallest absolute Gasteiger partial charge is 0.232 e. The third-order valence-electron chi connectivity index (χ3n) is 6.02. The first-order valence-electron chi connectivity index (χ1n) is 10.6. The maximum absolute atomic E-state index is 13.4. The Balaban J connectivity index is 1.58. The van der Waals surface area contributed by atoms with Crippen LogP contribution in [-0.4, -0.2) is 25.5 Å². The fourth-order valence-electron chi connectivity index (χ4n) is 4.29. The number of hydrogen-bond acceptors (Lipinski definition) is 6. The van der Waals surface area contributed by atoms with Gasteiger partial charge in [-0.3, -0.25) is 4.79 Å². The SMILES string of the molecule is Cc1cscc1-c1ncn2cc(C(c3ccccc3)C(C)(C)C(=O)Nc3nncs3)ccc12. The van der Waals surface area contributed by atoms with Crippen molar-refractivity contribution >= 4 is 39.2 Å². The average Bonchev–Trinajstić information content (AvgIpc) is 3.55. The van der Waals surface area contributed by atoms with E-state index in [0.29, 0.717) is 5.13 Å². The summed E-state index contributed by atoms with van der Waals surface area (Å²) in [6.07, 6.45) is 3.94. The molecular weight excluding hydrogens is 450 g/mol. The molecule has 4 aromatic heterocycles. The van der Waals surface area contributed by atoms with Crippen molar-refractivity contribution in [3.8, 4) is 11.3 Å². The number of fused-ring (bicyclic) bond motifs is 1. The van der Waals surface area contributed by atoms with E-state index in [1.807, 2.05) is 38.4 Å². The first-order chi connectivity index (χ1) is 15.9. The summed E-state index contributed by atoms with van der Waals surface area (Å²) in [5.74, 6) is -0.279. The highest BCUT2D eigenvalue weighted by molar-refractivity contribution is 7.13. The number of hydrogen-bond donors (Lipinski definition) is 1. The van der Waals surface area contributed by atoms with Gasteiger partial charge >= 0.3 is 0 Å². The molecular formula is C25H23N5OS2. The summed E-state index contributed by atoms with van der Waals surface area (Å²) < 4.78 is 2.05. The lowest BCUT2D eigenvalue weighted by Gasteiger charge is -2.33. The number of anilines is 1. The van der Waals surface area contributed by atoms with Crippen molar-refractivity contribution in [1.82, 2.24) is 19.6 Å². The molecule has 0 spiro atoms. The monoisotopic (exact) mass is 473 g/mol. The van der Waals surface area contributed by atoms with Gasteiger partial charge in [-0.25, -0.2) is 4.98 Å². The second-order valence-corrected chi connectivity index (χ2v) is 10.2. The Hall–Kier alpha value is -3.36. The number of rotatable bonds is 6. The van der Waals surface area contributed by atoms with Gasteiger partial charge in [0.05, 0.1) is 23.0 Å². The van der Waals surface area contributed by atoms with Crippen molar-refractivity contribution < 1.29 is 4.79 Å². The maximum atomic E-state index is 13.4. The molecule has 1 unspecified atom stereocenters. The molecule has 4 heterocycles. The standard InChI is InChI=1S/C25H23N5OS2/c1-16-12-32-13-19(16)22-20-10-9-18(11-30(20)14-26-22)21(17-7-5-4-6-8-17)25(2,3)23(31)28-24-29-27-15-33-24/h4-15,21H,1-3H3,(H,28,29,31). The van der Waals surface area contributed by atoms with Gasteiger partial charge in [0.15, 0.2) is 0 Å². The van der Waals surface area contributed by atoms with Gasteiger partial charge in [0.25, 0.3) is 0 Å². The number of benzene rings is 1. The number of nitrogens with one attached hydrogen (secondary N) is 1.